The smallest absolute Gasteiger partial charge is 0.244 e. The Bertz CT molecular complexity index is 500. The third-order valence-corrected chi connectivity index (χ3v) is 3.22. The number of hydrogen-bond donors (Lipinski definition) is 1. The number of carbonyl (C=O) groups is 2. The van der Waals surface area contributed by atoms with Crippen molar-refractivity contribution in [2.24, 2.45) is 5.92 Å². The van der Waals surface area contributed by atoms with Crippen molar-refractivity contribution in [2.75, 3.05) is 25.0 Å². The molecule has 0 aliphatic carbocycles. The van der Waals surface area contributed by atoms with E-state index in [-0.39, 0.29) is 18.4 Å². The van der Waals surface area contributed by atoms with Gasteiger partial charge in [-0.2, -0.15) is 0 Å². The van der Waals surface area contributed by atoms with Crippen molar-refractivity contribution >= 4 is 17.5 Å². The summed E-state index contributed by atoms with van der Waals surface area (Å²) in [7, 11) is 0. The average molecular weight is 306 g/mol. The molecule has 0 atom stereocenters. The van der Waals surface area contributed by atoms with Crippen molar-refractivity contribution < 1.29 is 14.3 Å². The van der Waals surface area contributed by atoms with E-state index in [0.717, 1.165) is 6.42 Å². The van der Waals surface area contributed by atoms with Gasteiger partial charge in [-0.15, -0.1) is 0 Å². The van der Waals surface area contributed by atoms with Gasteiger partial charge in [-0.25, -0.2) is 0 Å². The van der Waals surface area contributed by atoms with E-state index in [0.29, 0.717) is 30.5 Å². The number of ether oxygens (including phenoxy) is 1. The summed E-state index contributed by atoms with van der Waals surface area (Å²) in [5, 5.41) is 2.81. The zero-order chi connectivity index (χ0) is 16.5. The lowest BCUT2D eigenvalue weighted by Crippen LogP contribution is -2.37. The van der Waals surface area contributed by atoms with Crippen LogP contribution in [-0.4, -0.2) is 36.4 Å². The van der Waals surface area contributed by atoms with E-state index < -0.39 is 0 Å². The summed E-state index contributed by atoms with van der Waals surface area (Å²) in [6.07, 6.45) is 0.877. The van der Waals surface area contributed by atoms with Crippen LogP contribution in [-0.2, 0) is 9.59 Å². The van der Waals surface area contributed by atoms with E-state index in [1.54, 1.807) is 17.0 Å². The van der Waals surface area contributed by atoms with Gasteiger partial charge in [0.05, 0.1) is 18.8 Å². The Labute approximate surface area is 132 Å². The van der Waals surface area contributed by atoms with Gasteiger partial charge in [0.25, 0.3) is 0 Å². The molecule has 0 saturated heterocycles. The molecule has 0 aliphatic heterocycles. The summed E-state index contributed by atoms with van der Waals surface area (Å²) < 4.78 is 5.47. The summed E-state index contributed by atoms with van der Waals surface area (Å²) in [6.45, 7) is 8.74. The Morgan fingerprint density at radius 1 is 1.27 bits per heavy atom. The van der Waals surface area contributed by atoms with Crippen LogP contribution in [0.15, 0.2) is 24.3 Å². The van der Waals surface area contributed by atoms with Crippen LogP contribution >= 0.6 is 0 Å². The Morgan fingerprint density at radius 3 is 2.55 bits per heavy atom. The second-order valence-electron chi connectivity index (χ2n) is 5.60. The van der Waals surface area contributed by atoms with Crippen molar-refractivity contribution in [2.45, 2.75) is 34.1 Å². The molecule has 0 aromatic heterocycles. The van der Waals surface area contributed by atoms with Gasteiger partial charge in [-0.3, -0.25) is 9.59 Å². The summed E-state index contributed by atoms with van der Waals surface area (Å²) in [5.74, 6) is 0.818. The number of amides is 2. The maximum Gasteiger partial charge on any atom is 0.244 e. The van der Waals surface area contributed by atoms with E-state index in [4.69, 9.17) is 4.74 Å². The standard InChI is InChI=1S/C17H26N2O3/c1-5-22-16-9-7-6-8-15(16)18-17(21)12-19(14(4)20)11-10-13(2)3/h6-9,13H,5,10-12H2,1-4H3,(H,18,21). The lowest BCUT2D eigenvalue weighted by atomic mass is 10.1. The highest BCUT2D eigenvalue weighted by Gasteiger charge is 2.15. The highest BCUT2D eigenvalue weighted by atomic mass is 16.5. The Hall–Kier alpha value is -2.04. The zero-order valence-electron chi connectivity index (χ0n) is 13.9. The minimum atomic E-state index is -0.217. The lowest BCUT2D eigenvalue weighted by molar-refractivity contribution is -0.132. The van der Waals surface area contributed by atoms with E-state index in [1.807, 2.05) is 19.1 Å². The zero-order valence-corrected chi connectivity index (χ0v) is 13.9. The van der Waals surface area contributed by atoms with E-state index in [2.05, 4.69) is 19.2 Å². The van der Waals surface area contributed by atoms with Crippen molar-refractivity contribution in [3.05, 3.63) is 24.3 Å². The van der Waals surface area contributed by atoms with Gasteiger partial charge in [0.1, 0.15) is 5.75 Å². The average Bonchev–Trinajstić information content (AvgIpc) is 2.45. The summed E-state index contributed by atoms with van der Waals surface area (Å²) >= 11 is 0. The number of hydrogen-bond acceptors (Lipinski definition) is 3. The second-order valence-corrected chi connectivity index (χ2v) is 5.60. The van der Waals surface area contributed by atoms with Gasteiger partial charge < -0.3 is 15.0 Å². The molecule has 0 aliphatic rings. The Kier molecular flexibility index (Phi) is 7.43. The third-order valence-electron chi connectivity index (χ3n) is 3.22. The molecule has 0 fully saturated rings. The molecule has 1 N–H and O–H groups in total. The molecular weight excluding hydrogens is 280 g/mol. The van der Waals surface area contributed by atoms with E-state index in [1.165, 1.54) is 6.92 Å². The molecule has 22 heavy (non-hydrogen) atoms. The molecular formula is C17H26N2O3. The van der Waals surface area contributed by atoms with Gasteiger partial charge in [0.15, 0.2) is 0 Å². The molecule has 0 spiro atoms. The molecule has 0 saturated carbocycles. The maximum absolute atomic E-state index is 12.2. The fourth-order valence-corrected chi connectivity index (χ4v) is 1.98. The fraction of sp³-hybridized carbons (Fsp3) is 0.529. The first-order valence-corrected chi connectivity index (χ1v) is 7.71. The number of rotatable bonds is 8. The van der Waals surface area contributed by atoms with Gasteiger partial charge in [-0.1, -0.05) is 26.0 Å². The number of benzene rings is 1. The van der Waals surface area contributed by atoms with Gasteiger partial charge in [0, 0.05) is 13.5 Å². The molecule has 1 aromatic rings. The first-order valence-electron chi connectivity index (χ1n) is 7.71. The number of carbonyl (C=O) groups excluding carboxylic acids is 2. The minimum Gasteiger partial charge on any atom is -0.492 e. The fourth-order valence-electron chi connectivity index (χ4n) is 1.98. The number of anilines is 1. The van der Waals surface area contributed by atoms with Crippen molar-refractivity contribution in [3.63, 3.8) is 0 Å². The van der Waals surface area contributed by atoms with Crippen LogP contribution in [0.5, 0.6) is 5.75 Å². The molecule has 1 rings (SSSR count). The van der Waals surface area contributed by atoms with Crippen LogP contribution in [0.2, 0.25) is 0 Å². The van der Waals surface area contributed by atoms with Crippen LogP contribution in [0, 0.1) is 5.92 Å². The molecule has 0 unspecified atom stereocenters. The molecule has 0 heterocycles. The maximum atomic E-state index is 12.2. The first-order chi connectivity index (χ1) is 10.4. The van der Waals surface area contributed by atoms with Crippen molar-refractivity contribution in [1.29, 1.82) is 0 Å². The molecule has 2 amide bonds. The first kappa shape index (κ1) is 18.0. The third kappa shape index (κ3) is 6.16. The summed E-state index contributed by atoms with van der Waals surface area (Å²) in [5.41, 5.74) is 0.627. The highest BCUT2D eigenvalue weighted by Crippen LogP contribution is 2.23. The van der Waals surface area contributed by atoms with Crippen LogP contribution in [0.1, 0.15) is 34.1 Å². The molecule has 0 bridgehead atoms. The number of nitrogens with zero attached hydrogens (tertiary/aromatic N) is 1. The van der Waals surface area contributed by atoms with Gasteiger partial charge in [0.2, 0.25) is 11.8 Å². The molecule has 5 nitrogen and oxygen atoms in total. The van der Waals surface area contributed by atoms with E-state index >= 15 is 0 Å². The summed E-state index contributed by atoms with van der Waals surface area (Å²) in [6, 6.07) is 7.28. The van der Waals surface area contributed by atoms with Crippen molar-refractivity contribution in [3.8, 4) is 5.75 Å². The van der Waals surface area contributed by atoms with Gasteiger partial charge in [-0.05, 0) is 31.4 Å². The predicted octanol–water partition coefficient (Wildman–Crippen LogP) is 2.92. The van der Waals surface area contributed by atoms with Crippen molar-refractivity contribution in [1.82, 2.24) is 4.90 Å². The van der Waals surface area contributed by atoms with E-state index in [9.17, 15) is 9.59 Å². The molecule has 122 valence electrons. The quantitative estimate of drug-likeness (QED) is 0.803. The van der Waals surface area contributed by atoms with Crippen LogP contribution in [0.25, 0.3) is 0 Å². The topological polar surface area (TPSA) is 58.6 Å². The SMILES string of the molecule is CCOc1ccccc1NC(=O)CN(CCC(C)C)C(C)=O. The molecule has 5 heteroatoms. The molecule has 1 aromatic carbocycles. The summed E-state index contributed by atoms with van der Waals surface area (Å²) in [4.78, 5) is 25.4. The lowest BCUT2D eigenvalue weighted by Gasteiger charge is -2.21. The Morgan fingerprint density at radius 2 is 1.95 bits per heavy atom. The number of para-hydroxylation sites is 2. The van der Waals surface area contributed by atoms with Crippen LogP contribution < -0.4 is 10.1 Å². The largest absolute Gasteiger partial charge is 0.492 e. The Balaban J connectivity index is 2.65. The minimum absolute atomic E-state index is 0.0580. The van der Waals surface area contributed by atoms with Crippen LogP contribution in [0.3, 0.4) is 0 Å². The number of nitrogens with one attached hydrogen (secondary N) is 1. The monoisotopic (exact) mass is 306 g/mol. The highest BCUT2D eigenvalue weighted by molar-refractivity contribution is 5.95. The predicted molar refractivity (Wildman–Crippen MR) is 87.9 cm³/mol. The van der Waals surface area contributed by atoms with Gasteiger partial charge >= 0.3 is 0 Å². The second kappa shape index (κ2) is 9.07. The molecule has 0 radical (unpaired) electrons. The normalized spacial score (nSPS) is 10.4. The van der Waals surface area contributed by atoms with Crippen LogP contribution in [0.4, 0.5) is 5.69 Å².